The minimum Gasteiger partial charge on any atom is -0.454 e. The lowest BCUT2D eigenvalue weighted by Gasteiger charge is -2.28. The molecule has 2 bridgehead atoms. The van der Waals surface area contributed by atoms with Gasteiger partial charge >= 0.3 is 5.97 Å². The van der Waals surface area contributed by atoms with Crippen molar-refractivity contribution >= 4 is 61.1 Å². The Morgan fingerprint density at radius 3 is 2.10 bits per heavy atom. The first kappa shape index (κ1) is 21.7. The van der Waals surface area contributed by atoms with E-state index in [2.05, 4.69) is 31.9 Å². The van der Waals surface area contributed by atoms with Crippen LogP contribution in [0.1, 0.15) is 37.6 Å². The molecule has 1 saturated heterocycles. The molecule has 1 aromatic carbocycles. The molecule has 2 aliphatic carbocycles. The van der Waals surface area contributed by atoms with E-state index in [1.54, 1.807) is 39.0 Å². The van der Waals surface area contributed by atoms with Crippen molar-refractivity contribution in [3.8, 4) is 0 Å². The maximum absolute atomic E-state index is 13.3. The number of benzene rings is 1. The van der Waals surface area contributed by atoms with E-state index < -0.39 is 11.4 Å². The summed E-state index contributed by atoms with van der Waals surface area (Å²) in [6.45, 7) is 4.89. The van der Waals surface area contributed by atoms with Crippen LogP contribution in [0.3, 0.4) is 0 Å². The van der Waals surface area contributed by atoms with Crippen LogP contribution in [0.5, 0.6) is 0 Å². The van der Waals surface area contributed by atoms with Gasteiger partial charge in [-0.05, 0) is 30.4 Å². The number of ether oxygens (including phenoxy) is 1. The van der Waals surface area contributed by atoms with Gasteiger partial charge in [-0.3, -0.25) is 14.4 Å². The molecule has 2 saturated carbocycles. The number of nitrogens with zero attached hydrogens (tertiary/aromatic N) is 1. The van der Waals surface area contributed by atoms with Crippen molar-refractivity contribution in [2.24, 2.45) is 29.1 Å². The number of rotatable bonds is 4. The molecule has 1 heterocycles. The number of para-hydroxylation sites is 1. The van der Waals surface area contributed by atoms with E-state index in [9.17, 15) is 19.2 Å². The van der Waals surface area contributed by atoms with Crippen molar-refractivity contribution < 1.29 is 23.9 Å². The van der Waals surface area contributed by atoms with Crippen LogP contribution in [0, 0.1) is 29.1 Å². The fraction of sp³-hybridized carbons (Fsp3) is 0.545. The molecule has 30 heavy (non-hydrogen) atoms. The number of imide groups is 1. The zero-order valence-corrected chi connectivity index (χ0v) is 20.1. The zero-order chi connectivity index (χ0) is 22.0. The Morgan fingerprint density at radius 2 is 1.57 bits per heavy atom. The molecule has 8 heteroatoms. The maximum Gasteiger partial charge on any atom is 0.340 e. The van der Waals surface area contributed by atoms with Crippen LogP contribution in [0.2, 0.25) is 0 Å². The third-order valence-electron chi connectivity index (χ3n) is 6.52. The molecule has 0 radical (unpaired) electrons. The summed E-state index contributed by atoms with van der Waals surface area (Å²) in [4.78, 5) is 52.8. The summed E-state index contributed by atoms with van der Waals surface area (Å²) in [7, 11) is 0. The number of alkyl halides is 2. The van der Waals surface area contributed by atoms with Crippen LogP contribution in [0.4, 0.5) is 5.69 Å². The van der Waals surface area contributed by atoms with E-state index >= 15 is 0 Å². The summed E-state index contributed by atoms with van der Waals surface area (Å²) >= 11 is 7.35. The molecule has 1 aromatic rings. The first-order valence-electron chi connectivity index (χ1n) is 9.99. The quantitative estimate of drug-likeness (QED) is 0.330. The van der Waals surface area contributed by atoms with Gasteiger partial charge in [0.1, 0.15) is 0 Å². The monoisotopic (exact) mass is 539 g/mol. The number of amides is 2. The van der Waals surface area contributed by atoms with Gasteiger partial charge in [-0.15, -0.1) is 0 Å². The molecule has 0 aromatic heterocycles. The fourth-order valence-electron chi connectivity index (χ4n) is 4.85. The van der Waals surface area contributed by atoms with Crippen LogP contribution in [0.15, 0.2) is 24.3 Å². The van der Waals surface area contributed by atoms with Crippen LogP contribution in [0.25, 0.3) is 0 Å². The number of esters is 1. The van der Waals surface area contributed by atoms with E-state index in [4.69, 9.17) is 4.74 Å². The SMILES string of the molecule is CC(C)(C)C(=O)COC(=O)c1ccccc1N1C(=O)[C@H]2[C@@H]3C[C@H]([C@@H](Br)[C@H]3Br)[C@@H]2C1=O. The largest absolute Gasteiger partial charge is 0.454 e. The van der Waals surface area contributed by atoms with Gasteiger partial charge in [0.15, 0.2) is 12.4 Å². The van der Waals surface area contributed by atoms with Gasteiger partial charge in [-0.1, -0.05) is 64.8 Å². The van der Waals surface area contributed by atoms with E-state index in [1.165, 1.54) is 6.07 Å². The molecular formula is C22H23Br2NO5. The van der Waals surface area contributed by atoms with Crippen LogP contribution in [-0.2, 0) is 19.1 Å². The van der Waals surface area contributed by atoms with Crippen molar-refractivity contribution in [2.75, 3.05) is 11.5 Å². The van der Waals surface area contributed by atoms with Gasteiger partial charge in [-0.25, -0.2) is 9.69 Å². The van der Waals surface area contributed by atoms with Gasteiger partial charge < -0.3 is 4.74 Å². The Bertz CT molecular complexity index is 908. The maximum atomic E-state index is 13.3. The van der Waals surface area contributed by atoms with Crippen molar-refractivity contribution in [3.05, 3.63) is 29.8 Å². The third kappa shape index (κ3) is 3.27. The van der Waals surface area contributed by atoms with Crippen molar-refractivity contribution in [1.29, 1.82) is 0 Å². The lowest BCUT2D eigenvalue weighted by molar-refractivity contribution is -0.129. The van der Waals surface area contributed by atoms with E-state index in [0.29, 0.717) is 0 Å². The van der Waals surface area contributed by atoms with Crippen LogP contribution in [-0.4, -0.2) is 39.8 Å². The Hall–Kier alpha value is -1.54. The molecule has 3 aliphatic rings. The Kier molecular flexibility index (Phi) is 5.46. The van der Waals surface area contributed by atoms with Gasteiger partial charge in [0.05, 0.1) is 23.1 Å². The number of halogens is 2. The molecular weight excluding hydrogens is 518 g/mol. The molecule has 1 aliphatic heterocycles. The third-order valence-corrected chi connectivity index (χ3v) is 9.73. The molecule has 160 valence electrons. The average Bonchev–Trinajstić information content (AvgIpc) is 3.30. The molecule has 2 amide bonds. The lowest BCUT2D eigenvalue weighted by atomic mass is 9.81. The lowest BCUT2D eigenvalue weighted by Crippen LogP contribution is -2.37. The second-order valence-corrected chi connectivity index (χ2v) is 11.4. The highest BCUT2D eigenvalue weighted by Crippen LogP contribution is 2.60. The standard InChI is InChI=1S/C22H23Br2NO5/c1-22(2,3)14(26)9-30-21(29)10-6-4-5-7-13(10)25-19(27)15-11-8-12(16(15)20(25)28)18(24)17(11)23/h4-7,11-12,15-18H,8-9H2,1-3H3/t11-,12-,15-,16-,17-,18+/m0/s1. The molecule has 6 nitrogen and oxygen atoms in total. The smallest absolute Gasteiger partial charge is 0.340 e. The second kappa shape index (κ2) is 7.55. The minimum atomic E-state index is -0.722. The number of carbonyl (C=O) groups is 4. The molecule has 0 spiro atoms. The van der Waals surface area contributed by atoms with Crippen LogP contribution >= 0.6 is 31.9 Å². The Labute approximate surface area is 192 Å². The molecule has 0 unspecified atom stereocenters. The summed E-state index contributed by atoms with van der Waals surface area (Å²) < 4.78 is 5.22. The number of carbonyl (C=O) groups excluding carboxylic acids is 4. The predicted molar refractivity (Wildman–Crippen MR) is 118 cm³/mol. The summed E-state index contributed by atoms with van der Waals surface area (Å²) in [5.41, 5.74) is -0.290. The highest BCUT2D eigenvalue weighted by Gasteiger charge is 2.66. The van der Waals surface area contributed by atoms with Gasteiger partial charge in [0, 0.05) is 15.1 Å². The summed E-state index contributed by atoms with van der Waals surface area (Å²) in [5, 5.41) is 0. The number of anilines is 1. The summed E-state index contributed by atoms with van der Waals surface area (Å²) in [6, 6.07) is 6.42. The topological polar surface area (TPSA) is 80.8 Å². The molecule has 6 atom stereocenters. The highest BCUT2D eigenvalue weighted by atomic mass is 79.9. The second-order valence-electron chi connectivity index (χ2n) is 9.28. The van der Waals surface area contributed by atoms with Crippen molar-refractivity contribution in [2.45, 2.75) is 36.8 Å². The molecule has 0 N–H and O–H groups in total. The Morgan fingerprint density at radius 1 is 1.03 bits per heavy atom. The summed E-state index contributed by atoms with van der Waals surface area (Å²) in [6.07, 6.45) is 0.838. The predicted octanol–water partition coefficient (Wildman–Crippen LogP) is 3.74. The van der Waals surface area contributed by atoms with Gasteiger partial charge in [0.25, 0.3) is 0 Å². The zero-order valence-electron chi connectivity index (χ0n) is 16.9. The first-order valence-corrected chi connectivity index (χ1v) is 11.8. The summed E-state index contributed by atoms with van der Waals surface area (Å²) in [5.74, 6) is -2.00. The minimum absolute atomic E-state index is 0.0920. The molecule has 3 fully saturated rings. The Balaban J connectivity index is 1.60. The number of hydrogen-bond donors (Lipinski definition) is 0. The van der Waals surface area contributed by atoms with Gasteiger partial charge in [-0.2, -0.15) is 0 Å². The van der Waals surface area contributed by atoms with Crippen molar-refractivity contribution in [1.82, 2.24) is 0 Å². The van der Waals surface area contributed by atoms with E-state index in [-0.39, 0.29) is 68.8 Å². The van der Waals surface area contributed by atoms with Gasteiger partial charge in [0.2, 0.25) is 11.8 Å². The highest BCUT2D eigenvalue weighted by molar-refractivity contribution is 9.12. The van der Waals surface area contributed by atoms with Crippen LogP contribution < -0.4 is 4.90 Å². The first-order chi connectivity index (χ1) is 14.0. The molecule has 4 rings (SSSR count). The number of ketones is 1. The average molecular weight is 541 g/mol. The number of Topliss-reactive ketones (excluding diaryl/α,β-unsaturated/α-hetero) is 1. The fourth-order valence-corrected chi connectivity index (χ4v) is 6.73. The number of hydrogen-bond acceptors (Lipinski definition) is 5. The van der Waals surface area contributed by atoms with Crippen molar-refractivity contribution in [3.63, 3.8) is 0 Å². The normalized spacial score (nSPS) is 32.5. The van der Waals surface area contributed by atoms with E-state index in [1.807, 2.05) is 0 Å². The van der Waals surface area contributed by atoms with E-state index in [0.717, 1.165) is 11.3 Å². The number of fused-ring (bicyclic) bond motifs is 5.